The van der Waals surface area contributed by atoms with Crippen LogP contribution in [-0.2, 0) is 0 Å². The minimum atomic E-state index is -5.12. The highest BCUT2D eigenvalue weighted by Crippen LogP contribution is 2.32. The normalized spacial score (nSPS) is 11.8. The fourth-order valence-electron chi connectivity index (χ4n) is 0.966. The smallest absolute Gasteiger partial charge is 0.479 e. The molecular weight excluding hydrogens is 256 g/mol. The van der Waals surface area contributed by atoms with Crippen molar-refractivity contribution >= 4 is 0 Å². The number of halogens is 6. The molecule has 96 valence electrons. The lowest BCUT2D eigenvalue weighted by atomic mass is 10.2. The summed E-state index contributed by atoms with van der Waals surface area (Å²) in [4.78, 5) is 2.95. The lowest BCUT2D eigenvalue weighted by molar-refractivity contribution is -0.276. The summed E-state index contributed by atoms with van der Waals surface area (Å²) in [6.07, 6.45) is -8.43. The van der Waals surface area contributed by atoms with E-state index in [4.69, 9.17) is 0 Å². The summed E-state index contributed by atoms with van der Waals surface area (Å²) >= 11 is 0. The highest BCUT2D eigenvalue weighted by Gasteiger charge is 2.33. The molecule has 1 heterocycles. The van der Waals surface area contributed by atoms with E-state index >= 15 is 0 Å². The molecule has 0 aliphatic carbocycles. The summed E-state index contributed by atoms with van der Waals surface area (Å²) in [5.74, 6) is -3.75. The zero-order valence-corrected chi connectivity index (χ0v) is 8.19. The molecule has 0 atom stereocenters. The van der Waals surface area contributed by atoms with Crippen LogP contribution >= 0.6 is 0 Å². The van der Waals surface area contributed by atoms with Crippen molar-refractivity contribution in [1.29, 1.82) is 0 Å². The Bertz CT molecular complexity index is 406. The molecule has 17 heavy (non-hydrogen) atoms. The number of alkyl halides is 5. The predicted octanol–water partition coefficient (Wildman–Crippen LogP) is 3.07. The molecule has 0 N–H and O–H groups in total. The first-order valence-corrected chi connectivity index (χ1v) is 4.03. The summed E-state index contributed by atoms with van der Waals surface area (Å²) in [7, 11) is 0.873. The van der Waals surface area contributed by atoms with Crippen molar-refractivity contribution in [3.05, 3.63) is 17.4 Å². The van der Waals surface area contributed by atoms with Crippen molar-refractivity contribution in [2.24, 2.45) is 0 Å². The Morgan fingerprint density at radius 2 is 1.88 bits per heavy atom. The van der Waals surface area contributed by atoms with Gasteiger partial charge in [0.25, 0.3) is 12.3 Å². The molecule has 1 rings (SSSR count). The maximum absolute atomic E-state index is 13.1. The topological polar surface area (TPSA) is 31.4 Å². The number of hydrogen-bond donors (Lipinski definition) is 0. The highest BCUT2D eigenvalue weighted by molar-refractivity contribution is 5.31. The molecule has 1 aromatic rings. The van der Waals surface area contributed by atoms with Gasteiger partial charge in [-0.15, -0.1) is 13.2 Å². The fraction of sp³-hybridized carbons (Fsp3) is 0.375. The predicted molar refractivity (Wildman–Crippen MR) is 42.4 cm³/mol. The molecule has 0 saturated heterocycles. The second-order valence-electron chi connectivity index (χ2n) is 2.72. The summed E-state index contributed by atoms with van der Waals surface area (Å²) in [6.45, 7) is 0. The molecule has 0 radical (unpaired) electrons. The number of nitrogens with zero attached hydrogens (tertiary/aromatic N) is 1. The molecule has 3 nitrogen and oxygen atoms in total. The average Bonchev–Trinajstić information content (AvgIpc) is 2.17. The molecule has 0 spiro atoms. The van der Waals surface area contributed by atoms with Crippen LogP contribution in [0.25, 0.3) is 0 Å². The first-order valence-electron chi connectivity index (χ1n) is 4.03. The third kappa shape index (κ3) is 3.40. The lowest BCUT2D eigenvalue weighted by Crippen LogP contribution is -2.18. The largest absolute Gasteiger partial charge is 0.574 e. The Hall–Kier alpha value is -1.67. The van der Waals surface area contributed by atoms with E-state index in [9.17, 15) is 26.3 Å². The van der Waals surface area contributed by atoms with Crippen LogP contribution in [0.5, 0.6) is 11.8 Å². The van der Waals surface area contributed by atoms with E-state index < -0.39 is 35.9 Å². The van der Waals surface area contributed by atoms with Crippen LogP contribution in [0.1, 0.15) is 12.0 Å². The van der Waals surface area contributed by atoms with E-state index in [0.717, 1.165) is 7.11 Å². The molecule has 0 saturated carbocycles. The Kier molecular flexibility index (Phi) is 3.69. The van der Waals surface area contributed by atoms with Crippen LogP contribution in [-0.4, -0.2) is 18.5 Å². The van der Waals surface area contributed by atoms with E-state index in [0.29, 0.717) is 0 Å². The SMILES string of the molecule is COc1nc(OC(F)(F)F)cc(C(F)F)c1F. The molecule has 9 heteroatoms. The van der Waals surface area contributed by atoms with Gasteiger partial charge >= 0.3 is 6.36 Å². The Balaban J connectivity index is 3.21. The number of methoxy groups -OCH3 is 1. The molecular formula is C8H5F6NO2. The fourth-order valence-corrected chi connectivity index (χ4v) is 0.966. The van der Waals surface area contributed by atoms with Gasteiger partial charge in [-0.05, 0) is 0 Å². The van der Waals surface area contributed by atoms with Crippen molar-refractivity contribution < 1.29 is 35.8 Å². The summed E-state index contributed by atoms with van der Waals surface area (Å²) in [5.41, 5.74) is -1.28. The number of hydrogen-bond acceptors (Lipinski definition) is 3. The third-order valence-electron chi connectivity index (χ3n) is 1.58. The number of pyridine rings is 1. The maximum Gasteiger partial charge on any atom is 0.574 e. The first kappa shape index (κ1) is 13.4. The van der Waals surface area contributed by atoms with Crippen LogP contribution < -0.4 is 9.47 Å². The van der Waals surface area contributed by atoms with Crippen molar-refractivity contribution in [3.63, 3.8) is 0 Å². The van der Waals surface area contributed by atoms with Crippen LogP contribution in [0.2, 0.25) is 0 Å². The van der Waals surface area contributed by atoms with Crippen molar-refractivity contribution in [1.82, 2.24) is 4.98 Å². The van der Waals surface area contributed by atoms with E-state index in [-0.39, 0.29) is 6.07 Å². The number of ether oxygens (including phenoxy) is 2. The highest BCUT2D eigenvalue weighted by atomic mass is 19.4. The van der Waals surface area contributed by atoms with Crippen LogP contribution in [0.3, 0.4) is 0 Å². The van der Waals surface area contributed by atoms with Crippen LogP contribution in [0.15, 0.2) is 6.07 Å². The van der Waals surface area contributed by atoms with Gasteiger partial charge in [-0.1, -0.05) is 0 Å². The quantitative estimate of drug-likeness (QED) is 0.783. The molecule has 1 aromatic heterocycles. The Morgan fingerprint density at radius 1 is 1.29 bits per heavy atom. The number of rotatable bonds is 3. The molecule has 0 aliphatic heterocycles. The molecule has 0 aliphatic rings. The van der Waals surface area contributed by atoms with Gasteiger partial charge in [0.15, 0.2) is 5.82 Å². The minimum Gasteiger partial charge on any atom is -0.479 e. The zero-order valence-electron chi connectivity index (χ0n) is 8.19. The van der Waals surface area contributed by atoms with E-state index in [1.807, 2.05) is 0 Å². The van der Waals surface area contributed by atoms with Gasteiger partial charge in [-0.3, -0.25) is 0 Å². The third-order valence-corrected chi connectivity index (χ3v) is 1.58. The summed E-state index contributed by atoms with van der Waals surface area (Å²) < 4.78 is 80.7. The molecule has 0 unspecified atom stereocenters. The standard InChI is InChI=1S/C8H5F6NO2/c1-16-7-5(9)3(6(10)11)2-4(15-7)17-8(12,13)14/h2,6H,1H3. The molecule has 0 aromatic carbocycles. The van der Waals surface area contributed by atoms with Gasteiger partial charge < -0.3 is 9.47 Å². The molecule has 0 amide bonds. The summed E-state index contributed by atoms with van der Waals surface area (Å²) in [6, 6.07) is 0.163. The summed E-state index contributed by atoms with van der Waals surface area (Å²) in [5, 5.41) is 0. The maximum atomic E-state index is 13.1. The molecule has 0 bridgehead atoms. The zero-order chi connectivity index (χ0) is 13.2. The average molecular weight is 261 g/mol. The Labute approximate surface area is 91.0 Å². The Morgan fingerprint density at radius 3 is 2.29 bits per heavy atom. The van der Waals surface area contributed by atoms with Crippen molar-refractivity contribution in [2.45, 2.75) is 12.8 Å². The van der Waals surface area contributed by atoms with Crippen LogP contribution in [0, 0.1) is 5.82 Å². The van der Waals surface area contributed by atoms with Gasteiger partial charge in [0.2, 0.25) is 5.88 Å². The monoisotopic (exact) mass is 261 g/mol. The van der Waals surface area contributed by atoms with Gasteiger partial charge in [0, 0.05) is 6.07 Å². The van der Waals surface area contributed by atoms with Gasteiger partial charge in [-0.2, -0.15) is 4.98 Å². The second-order valence-corrected chi connectivity index (χ2v) is 2.72. The van der Waals surface area contributed by atoms with E-state index in [1.165, 1.54) is 0 Å². The first-order chi connectivity index (χ1) is 7.74. The van der Waals surface area contributed by atoms with Gasteiger partial charge in [-0.25, -0.2) is 13.2 Å². The number of aromatic nitrogens is 1. The van der Waals surface area contributed by atoms with Gasteiger partial charge in [0.1, 0.15) is 0 Å². The van der Waals surface area contributed by atoms with E-state index in [2.05, 4.69) is 14.5 Å². The minimum absolute atomic E-state index is 0.163. The molecule has 0 fully saturated rings. The van der Waals surface area contributed by atoms with E-state index in [1.54, 1.807) is 0 Å². The van der Waals surface area contributed by atoms with Crippen LogP contribution in [0.4, 0.5) is 26.3 Å². The van der Waals surface area contributed by atoms with Crippen molar-refractivity contribution in [3.8, 4) is 11.8 Å². The van der Waals surface area contributed by atoms with Crippen molar-refractivity contribution in [2.75, 3.05) is 7.11 Å². The van der Waals surface area contributed by atoms with Gasteiger partial charge in [0.05, 0.1) is 12.7 Å². The second kappa shape index (κ2) is 4.68. The lowest BCUT2D eigenvalue weighted by Gasteiger charge is -2.11.